The lowest BCUT2D eigenvalue weighted by atomic mass is 10.2. The first-order valence-corrected chi connectivity index (χ1v) is 11.5. The number of carbonyl (C=O) groups excluding carboxylic acids is 1. The average Bonchev–Trinajstić information content (AvgIpc) is 3.53. The number of ether oxygens (including phenoxy) is 1. The second-order valence-electron chi connectivity index (χ2n) is 7.80. The van der Waals surface area contributed by atoms with Crippen molar-refractivity contribution in [1.82, 2.24) is 24.6 Å². The van der Waals surface area contributed by atoms with Crippen molar-refractivity contribution in [2.75, 3.05) is 18.9 Å². The molecule has 3 heterocycles. The monoisotopic (exact) mass is 479 g/mol. The van der Waals surface area contributed by atoms with E-state index in [1.807, 2.05) is 29.9 Å². The molecule has 0 bridgehead atoms. The number of nitrogens with zero attached hydrogens (tertiary/aromatic N) is 4. The normalized spacial score (nSPS) is 16.3. The van der Waals surface area contributed by atoms with Gasteiger partial charge in [-0.25, -0.2) is 0 Å². The van der Waals surface area contributed by atoms with E-state index in [9.17, 15) is 18.0 Å². The quantitative estimate of drug-likeness (QED) is 0.500. The van der Waals surface area contributed by atoms with Crippen LogP contribution in [0, 0.1) is 0 Å². The van der Waals surface area contributed by atoms with Gasteiger partial charge in [0.15, 0.2) is 5.16 Å². The molecule has 1 fully saturated rings. The Hall–Kier alpha value is -2.79. The molecule has 1 N–H and O–H groups in total. The van der Waals surface area contributed by atoms with Crippen molar-refractivity contribution in [2.24, 2.45) is 7.05 Å². The molecule has 1 aliphatic heterocycles. The summed E-state index contributed by atoms with van der Waals surface area (Å²) in [5.41, 5.74) is 0.464. The number of aryl methyl sites for hydroxylation is 1. The molecule has 0 saturated carbocycles. The Balaban J connectivity index is 1.56. The van der Waals surface area contributed by atoms with Gasteiger partial charge in [0.25, 0.3) is 0 Å². The van der Waals surface area contributed by atoms with Gasteiger partial charge in [0.2, 0.25) is 5.91 Å². The van der Waals surface area contributed by atoms with Crippen molar-refractivity contribution in [3.63, 3.8) is 0 Å². The van der Waals surface area contributed by atoms with Crippen LogP contribution in [0.3, 0.4) is 0 Å². The molecule has 0 spiro atoms. The molecular weight excluding hydrogens is 455 g/mol. The molecule has 0 radical (unpaired) electrons. The van der Waals surface area contributed by atoms with Crippen LogP contribution in [0.15, 0.2) is 47.8 Å². The first-order valence-electron chi connectivity index (χ1n) is 10.5. The SMILES string of the molecule is Cn1cccc1Cc1nnc(SCC(=O)NC[C@@H]2CCCO2)n1-c1cccc(C(F)(F)F)c1. The summed E-state index contributed by atoms with van der Waals surface area (Å²) in [5, 5.41) is 11.6. The fraction of sp³-hybridized carbons (Fsp3) is 0.409. The fourth-order valence-electron chi connectivity index (χ4n) is 3.65. The third-order valence-electron chi connectivity index (χ3n) is 5.41. The van der Waals surface area contributed by atoms with Crippen LogP contribution in [-0.2, 0) is 29.2 Å². The van der Waals surface area contributed by atoms with Crippen LogP contribution >= 0.6 is 11.8 Å². The zero-order chi connectivity index (χ0) is 23.4. The topological polar surface area (TPSA) is 74.0 Å². The molecule has 7 nitrogen and oxygen atoms in total. The van der Waals surface area contributed by atoms with E-state index in [0.29, 0.717) is 36.2 Å². The Bertz CT molecular complexity index is 1110. The van der Waals surface area contributed by atoms with Gasteiger partial charge in [-0.05, 0) is 43.2 Å². The van der Waals surface area contributed by atoms with Crippen molar-refractivity contribution in [3.8, 4) is 5.69 Å². The number of carbonyl (C=O) groups is 1. The van der Waals surface area contributed by atoms with Crippen LogP contribution in [0.2, 0.25) is 0 Å². The number of amides is 1. The number of halogens is 3. The molecular formula is C22H24F3N5O2S. The van der Waals surface area contributed by atoms with Crippen LogP contribution in [-0.4, -0.2) is 50.2 Å². The Kier molecular flexibility index (Phi) is 7.08. The van der Waals surface area contributed by atoms with E-state index in [2.05, 4.69) is 15.5 Å². The molecule has 1 amide bonds. The molecule has 1 atom stereocenters. The van der Waals surface area contributed by atoms with E-state index in [1.165, 1.54) is 6.07 Å². The van der Waals surface area contributed by atoms with Gasteiger partial charge < -0.3 is 14.6 Å². The van der Waals surface area contributed by atoms with Crippen molar-refractivity contribution >= 4 is 17.7 Å². The predicted octanol–water partition coefficient (Wildman–Crippen LogP) is 3.60. The molecule has 3 aromatic rings. The lowest BCUT2D eigenvalue weighted by Gasteiger charge is -2.14. The van der Waals surface area contributed by atoms with E-state index in [4.69, 9.17) is 4.74 Å². The largest absolute Gasteiger partial charge is 0.416 e. The van der Waals surface area contributed by atoms with E-state index in [-0.39, 0.29) is 17.8 Å². The number of benzene rings is 1. The van der Waals surface area contributed by atoms with Crippen molar-refractivity contribution in [2.45, 2.75) is 36.7 Å². The second kappa shape index (κ2) is 10.0. The molecule has 2 aromatic heterocycles. The van der Waals surface area contributed by atoms with Crippen molar-refractivity contribution in [3.05, 3.63) is 59.7 Å². The minimum atomic E-state index is -4.47. The van der Waals surface area contributed by atoms with Gasteiger partial charge >= 0.3 is 6.18 Å². The summed E-state index contributed by atoms with van der Waals surface area (Å²) in [4.78, 5) is 12.3. The maximum atomic E-state index is 13.3. The van der Waals surface area contributed by atoms with Crippen LogP contribution in [0.4, 0.5) is 13.2 Å². The molecule has 4 rings (SSSR count). The van der Waals surface area contributed by atoms with Crippen LogP contribution < -0.4 is 5.32 Å². The fourth-order valence-corrected chi connectivity index (χ4v) is 4.45. The third kappa shape index (κ3) is 5.77. The van der Waals surface area contributed by atoms with Crippen molar-refractivity contribution in [1.29, 1.82) is 0 Å². The van der Waals surface area contributed by atoms with Gasteiger partial charge in [-0.2, -0.15) is 13.2 Å². The minimum absolute atomic E-state index is 0.0320. The highest BCUT2D eigenvalue weighted by atomic mass is 32.2. The number of hydrogen-bond donors (Lipinski definition) is 1. The minimum Gasteiger partial charge on any atom is -0.376 e. The smallest absolute Gasteiger partial charge is 0.376 e. The van der Waals surface area contributed by atoms with E-state index in [0.717, 1.165) is 42.4 Å². The van der Waals surface area contributed by atoms with Gasteiger partial charge in [0, 0.05) is 38.5 Å². The number of thioether (sulfide) groups is 1. The average molecular weight is 480 g/mol. The van der Waals surface area contributed by atoms with E-state index < -0.39 is 11.7 Å². The highest BCUT2D eigenvalue weighted by molar-refractivity contribution is 7.99. The molecule has 176 valence electrons. The summed E-state index contributed by atoms with van der Waals surface area (Å²) < 4.78 is 49.0. The van der Waals surface area contributed by atoms with Crippen LogP contribution in [0.5, 0.6) is 0 Å². The number of rotatable bonds is 8. The summed E-state index contributed by atoms with van der Waals surface area (Å²) in [6.07, 6.45) is -0.284. The predicted molar refractivity (Wildman–Crippen MR) is 117 cm³/mol. The number of aromatic nitrogens is 4. The summed E-state index contributed by atoms with van der Waals surface area (Å²) >= 11 is 1.13. The second-order valence-corrected chi connectivity index (χ2v) is 8.74. The maximum Gasteiger partial charge on any atom is 0.416 e. The highest BCUT2D eigenvalue weighted by Gasteiger charge is 2.31. The Morgan fingerprint density at radius 1 is 1.27 bits per heavy atom. The zero-order valence-electron chi connectivity index (χ0n) is 18.0. The van der Waals surface area contributed by atoms with Crippen LogP contribution in [0.1, 0.15) is 29.9 Å². The number of alkyl halides is 3. The Labute approximate surface area is 193 Å². The maximum absolute atomic E-state index is 13.3. The summed E-state index contributed by atoms with van der Waals surface area (Å²) in [6.45, 7) is 1.15. The van der Waals surface area contributed by atoms with E-state index >= 15 is 0 Å². The molecule has 1 saturated heterocycles. The lowest BCUT2D eigenvalue weighted by Crippen LogP contribution is -2.32. The highest BCUT2D eigenvalue weighted by Crippen LogP contribution is 2.32. The molecule has 11 heteroatoms. The van der Waals surface area contributed by atoms with Gasteiger partial charge in [0.1, 0.15) is 5.82 Å². The standard InChI is InChI=1S/C22H24F3N5O2S/c1-29-9-3-7-16(29)12-19-27-28-21(33-14-20(31)26-13-18-8-4-10-32-18)30(19)17-6-2-5-15(11-17)22(23,24)25/h2-3,5-7,9,11,18H,4,8,10,12-14H2,1H3,(H,26,31)/t18-/m0/s1. The Morgan fingerprint density at radius 2 is 2.12 bits per heavy atom. The van der Waals surface area contributed by atoms with Crippen molar-refractivity contribution < 1.29 is 22.7 Å². The first kappa shape index (κ1) is 23.4. The molecule has 0 unspecified atom stereocenters. The van der Waals surface area contributed by atoms with Gasteiger partial charge in [-0.1, -0.05) is 17.8 Å². The van der Waals surface area contributed by atoms with Gasteiger partial charge in [0.05, 0.1) is 23.1 Å². The first-order chi connectivity index (χ1) is 15.8. The summed E-state index contributed by atoms with van der Waals surface area (Å²) in [6, 6.07) is 8.82. The number of nitrogens with one attached hydrogen (secondary N) is 1. The van der Waals surface area contributed by atoms with Crippen LogP contribution in [0.25, 0.3) is 5.69 Å². The molecule has 1 aromatic carbocycles. The summed E-state index contributed by atoms with van der Waals surface area (Å²) in [5.74, 6) is 0.352. The molecule has 1 aliphatic rings. The lowest BCUT2D eigenvalue weighted by molar-refractivity contribution is -0.137. The van der Waals surface area contributed by atoms with Gasteiger partial charge in [-0.3, -0.25) is 9.36 Å². The third-order valence-corrected chi connectivity index (χ3v) is 6.33. The van der Waals surface area contributed by atoms with Gasteiger partial charge in [-0.15, -0.1) is 10.2 Å². The summed E-state index contributed by atoms with van der Waals surface area (Å²) in [7, 11) is 1.88. The Morgan fingerprint density at radius 3 is 2.82 bits per heavy atom. The number of hydrogen-bond acceptors (Lipinski definition) is 5. The zero-order valence-corrected chi connectivity index (χ0v) is 18.8. The molecule has 0 aliphatic carbocycles. The van der Waals surface area contributed by atoms with E-state index in [1.54, 1.807) is 10.6 Å². The molecule has 33 heavy (non-hydrogen) atoms.